The van der Waals surface area contributed by atoms with Crippen molar-refractivity contribution in [2.75, 3.05) is 0 Å². The second kappa shape index (κ2) is 7.09. The summed E-state index contributed by atoms with van der Waals surface area (Å²) in [5.74, 6) is 0.982. The van der Waals surface area contributed by atoms with Crippen LogP contribution in [0.1, 0.15) is 39.4 Å². The standard InChI is InChI=1S/C21H25N3O/c1-4-21(2,3)23-20(25)15-14-19-22-17-12-8-9-13-18(17)24(19)16-10-6-5-7-11-16/h5-13H,4,14-15H2,1-3H3,(H,23,25). The van der Waals surface area contributed by atoms with Crippen molar-refractivity contribution >= 4 is 16.9 Å². The highest BCUT2D eigenvalue weighted by Gasteiger charge is 2.19. The number of aryl methyl sites for hydroxylation is 1. The lowest BCUT2D eigenvalue weighted by Gasteiger charge is -2.24. The summed E-state index contributed by atoms with van der Waals surface area (Å²) in [6, 6.07) is 18.3. The fourth-order valence-corrected chi connectivity index (χ4v) is 2.86. The van der Waals surface area contributed by atoms with E-state index in [1.807, 2.05) is 50.2 Å². The van der Waals surface area contributed by atoms with E-state index in [9.17, 15) is 4.79 Å². The van der Waals surface area contributed by atoms with Crippen LogP contribution in [0, 0.1) is 0 Å². The molecule has 2 aromatic carbocycles. The number of hydrogen-bond donors (Lipinski definition) is 1. The smallest absolute Gasteiger partial charge is 0.220 e. The third-order valence-electron chi connectivity index (χ3n) is 4.58. The topological polar surface area (TPSA) is 46.9 Å². The quantitative estimate of drug-likeness (QED) is 0.731. The van der Waals surface area contributed by atoms with Crippen molar-refractivity contribution in [3.8, 4) is 5.69 Å². The van der Waals surface area contributed by atoms with Gasteiger partial charge in [0.15, 0.2) is 0 Å². The molecule has 0 saturated carbocycles. The van der Waals surface area contributed by atoms with Crippen LogP contribution >= 0.6 is 0 Å². The molecule has 1 aromatic heterocycles. The molecule has 0 aliphatic carbocycles. The summed E-state index contributed by atoms with van der Waals surface area (Å²) >= 11 is 0. The summed E-state index contributed by atoms with van der Waals surface area (Å²) in [5, 5.41) is 3.09. The second-order valence-electron chi connectivity index (χ2n) is 6.97. The molecule has 0 aliphatic rings. The fraction of sp³-hybridized carbons (Fsp3) is 0.333. The Labute approximate surface area is 148 Å². The summed E-state index contributed by atoms with van der Waals surface area (Å²) in [4.78, 5) is 17.1. The maximum absolute atomic E-state index is 12.3. The molecule has 0 radical (unpaired) electrons. The zero-order valence-electron chi connectivity index (χ0n) is 15.1. The minimum atomic E-state index is -0.170. The van der Waals surface area contributed by atoms with Gasteiger partial charge in [-0.1, -0.05) is 37.3 Å². The van der Waals surface area contributed by atoms with Gasteiger partial charge in [0.1, 0.15) is 5.82 Å². The highest BCUT2D eigenvalue weighted by Crippen LogP contribution is 2.22. The van der Waals surface area contributed by atoms with Gasteiger partial charge in [0.2, 0.25) is 5.91 Å². The third-order valence-corrected chi connectivity index (χ3v) is 4.58. The number of benzene rings is 2. The molecule has 0 atom stereocenters. The zero-order chi connectivity index (χ0) is 17.9. The molecule has 3 aromatic rings. The molecule has 0 unspecified atom stereocenters. The van der Waals surface area contributed by atoms with Gasteiger partial charge in [0.05, 0.1) is 11.0 Å². The van der Waals surface area contributed by atoms with Gasteiger partial charge in [-0.15, -0.1) is 0 Å². The lowest BCUT2D eigenvalue weighted by Crippen LogP contribution is -2.42. The van der Waals surface area contributed by atoms with Crippen molar-refractivity contribution in [3.05, 3.63) is 60.4 Å². The van der Waals surface area contributed by atoms with Gasteiger partial charge in [-0.25, -0.2) is 4.98 Å². The van der Waals surface area contributed by atoms with Gasteiger partial charge < -0.3 is 5.32 Å². The average molecular weight is 335 g/mol. The number of carbonyl (C=O) groups excluding carboxylic acids is 1. The summed E-state index contributed by atoms with van der Waals surface area (Å²) in [7, 11) is 0. The van der Waals surface area contributed by atoms with Gasteiger partial charge in [-0.3, -0.25) is 9.36 Å². The fourth-order valence-electron chi connectivity index (χ4n) is 2.86. The van der Waals surface area contributed by atoms with Gasteiger partial charge in [-0.05, 0) is 44.5 Å². The Bertz CT molecular complexity index is 865. The largest absolute Gasteiger partial charge is 0.351 e. The normalized spacial score (nSPS) is 11.6. The van der Waals surface area contributed by atoms with E-state index in [1.54, 1.807) is 0 Å². The Morgan fingerprint density at radius 3 is 2.48 bits per heavy atom. The summed E-state index contributed by atoms with van der Waals surface area (Å²) < 4.78 is 2.15. The number of aromatic nitrogens is 2. The molecule has 0 spiro atoms. The average Bonchev–Trinajstić information content (AvgIpc) is 2.99. The number of rotatable bonds is 6. The second-order valence-corrected chi connectivity index (χ2v) is 6.97. The first-order valence-corrected chi connectivity index (χ1v) is 8.83. The Morgan fingerprint density at radius 1 is 1.08 bits per heavy atom. The van der Waals surface area contributed by atoms with Crippen molar-refractivity contribution < 1.29 is 4.79 Å². The third kappa shape index (κ3) is 3.90. The van der Waals surface area contributed by atoms with E-state index in [2.05, 4.69) is 35.0 Å². The number of imidazole rings is 1. The highest BCUT2D eigenvalue weighted by atomic mass is 16.1. The summed E-state index contributed by atoms with van der Waals surface area (Å²) in [6.45, 7) is 6.17. The number of amides is 1. The number of para-hydroxylation sites is 3. The zero-order valence-corrected chi connectivity index (χ0v) is 15.1. The molecular formula is C21H25N3O. The van der Waals surface area contributed by atoms with Crippen LogP contribution in [0.2, 0.25) is 0 Å². The molecular weight excluding hydrogens is 310 g/mol. The van der Waals surface area contributed by atoms with Gasteiger partial charge >= 0.3 is 0 Å². The van der Waals surface area contributed by atoms with E-state index in [1.165, 1.54) is 0 Å². The molecule has 0 aliphatic heterocycles. The Hall–Kier alpha value is -2.62. The van der Waals surface area contributed by atoms with Crippen LogP contribution < -0.4 is 5.32 Å². The van der Waals surface area contributed by atoms with Crippen LogP contribution in [0.5, 0.6) is 0 Å². The van der Waals surface area contributed by atoms with Crippen LogP contribution in [-0.2, 0) is 11.2 Å². The molecule has 4 heteroatoms. The predicted octanol–water partition coefficient (Wildman–Crippen LogP) is 4.26. The lowest BCUT2D eigenvalue weighted by molar-refractivity contribution is -0.122. The first-order chi connectivity index (χ1) is 12.0. The predicted molar refractivity (Wildman–Crippen MR) is 102 cm³/mol. The lowest BCUT2D eigenvalue weighted by atomic mass is 10.0. The molecule has 3 rings (SSSR count). The maximum atomic E-state index is 12.3. The van der Waals surface area contributed by atoms with Crippen molar-refractivity contribution in [2.24, 2.45) is 0 Å². The number of hydrogen-bond acceptors (Lipinski definition) is 2. The molecule has 0 bridgehead atoms. The minimum absolute atomic E-state index is 0.0681. The van der Waals surface area contributed by atoms with Crippen LogP contribution in [0.3, 0.4) is 0 Å². The Balaban J connectivity index is 1.88. The van der Waals surface area contributed by atoms with E-state index in [-0.39, 0.29) is 11.4 Å². The molecule has 25 heavy (non-hydrogen) atoms. The van der Waals surface area contributed by atoms with Crippen LogP contribution in [-0.4, -0.2) is 21.0 Å². The van der Waals surface area contributed by atoms with Gasteiger partial charge in [0, 0.05) is 24.1 Å². The molecule has 1 heterocycles. The summed E-state index contributed by atoms with van der Waals surface area (Å²) in [5.41, 5.74) is 2.92. The minimum Gasteiger partial charge on any atom is -0.351 e. The monoisotopic (exact) mass is 335 g/mol. The van der Waals surface area contributed by atoms with Crippen molar-refractivity contribution in [3.63, 3.8) is 0 Å². The molecule has 4 nitrogen and oxygen atoms in total. The molecule has 130 valence electrons. The molecule has 0 fully saturated rings. The van der Waals surface area contributed by atoms with Crippen molar-refractivity contribution in [1.82, 2.24) is 14.9 Å². The first kappa shape index (κ1) is 17.2. The van der Waals surface area contributed by atoms with Crippen molar-refractivity contribution in [2.45, 2.75) is 45.6 Å². The van der Waals surface area contributed by atoms with Gasteiger partial charge in [0.25, 0.3) is 0 Å². The van der Waals surface area contributed by atoms with E-state index < -0.39 is 0 Å². The van der Waals surface area contributed by atoms with Crippen LogP contribution in [0.25, 0.3) is 16.7 Å². The van der Waals surface area contributed by atoms with Crippen molar-refractivity contribution in [1.29, 1.82) is 0 Å². The number of fused-ring (bicyclic) bond motifs is 1. The molecule has 1 N–H and O–H groups in total. The van der Waals surface area contributed by atoms with E-state index >= 15 is 0 Å². The highest BCUT2D eigenvalue weighted by molar-refractivity contribution is 5.79. The Kier molecular flexibility index (Phi) is 4.88. The van der Waals surface area contributed by atoms with Gasteiger partial charge in [-0.2, -0.15) is 0 Å². The number of carbonyl (C=O) groups is 1. The molecule has 0 saturated heterocycles. The first-order valence-electron chi connectivity index (χ1n) is 8.83. The SMILES string of the molecule is CCC(C)(C)NC(=O)CCc1nc2ccccc2n1-c1ccccc1. The Morgan fingerprint density at radius 2 is 1.76 bits per heavy atom. The summed E-state index contributed by atoms with van der Waals surface area (Å²) in [6.07, 6.45) is 1.94. The van der Waals surface area contributed by atoms with Crippen LogP contribution in [0.15, 0.2) is 54.6 Å². The van der Waals surface area contributed by atoms with E-state index in [0.717, 1.165) is 29.0 Å². The molecule has 1 amide bonds. The van der Waals surface area contributed by atoms with E-state index in [0.29, 0.717) is 12.8 Å². The number of nitrogens with one attached hydrogen (secondary N) is 1. The number of nitrogens with zero attached hydrogens (tertiary/aromatic N) is 2. The van der Waals surface area contributed by atoms with E-state index in [4.69, 9.17) is 4.98 Å². The van der Waals surface area contributed by atoms with Crippen LogP contribution in [0.4, 0.5) is 0 Å². The maximum Gasteiger partial charge on any atom is 0.220 e.